The van der Waals surface area contributed by atoms with Gasteiger partial charge in [0.25, 0.3) is 5.91 Å². The zero-order valence-corrected chi connectivity index (χ0v) is 21.5. The molecule has 2 aromatic rings. The number of aromatic nitrogens is 1. The van der Waals surface area contributed by atoms with Crippen molar-refractivity contribution in [2.75, 3.05) is 38.2 Å². The van der Waals surface area contributed by atoms with E-state index < -0.39 is 5.91 Å². The van der Waals surface area contributed by atoms with E-state index in [4.69, 9.17) is 10.5 Å². The lowest BCUT2D eigenvalue weighted by molar-refractivity contribution is 0.0342. The van der Waals surface area contributed by atoms with Crippen LogP contribution in [-0.4, -0.2) is 59.2 Å². The van der Waals surface area contributed by atoms with E-state index in [1.807, 2.05) is 34.9 Å². The second-order valence-corrected chi connectivity index (χ2v) is 8.90. The highest BCUT2D eigenvalue weighted by Crippen LogP contribution is 2.28. The third-order valence-corrected chi connectivity index (χ3v) is 6.40. The number of hydrogen-bond donors (Lipinski definition) is 2. The summed E-state index contributed by atoms with van der Waals surface area (Å²) in [7, 11) is 0. The Kier molecular flexibility index (Phi) is 10.1. The van der Waals surface area contributed by atoms with Gasteiger partial charge in [-0.05, 0) is 24.1 Å². The van der Waals surface area contributed by atoms with E-state index in [9.17, 15) is 14.9 Å². The zero-order chi connectivity index (χ0) is 26.8. The van der Waals surface area contributed by atoms with Gasteiger partial charge >= 0.3 is 6.03 Å². The Morgan fingerprint density at radius 2 is 1.81 bits per heavy atom. The molecule has 1 saturated heterocycles. The smallest absolute Gasteiger partial charge is 0.322 e. The number of rotatable bonds is 7. The highest BCUT2D eigenvalue weighted by atomic mass is 16.5. The lowest BCUT2D eigenvalue weighted by Gasteiger charge is -2.30. The monoisotopic (exact) mass is 504 g/mol. The second-order valence-electron chi connectivity index (χ2n) is 8.90. The minimum absolute atomic E-state index is 0.194. The number of carbonyl (C=O) groups is 2. The summed E-state index contributed by atoms with van der Waals surface area (Å²) in [6.07, 6.45) is 5.10. The van der Waals surface area contributed by atoms with Crippen molar-refractivity contribution in [3.63, 3.8) is 0 Å². The molecule has 9 heteroatoms. The molecule has 37 heavy (non-hydrogen) atoms. The van der Waals surface area contributed by atoms with Gasteiger partial charge < -0.3 is 25.3 Å². The maximum absolute atomic E-state index is 12.9. The van der Waals surface area contributed by atoms with Gasteiger partial charge in [0.05, 0.1) is 36.6 Å². The molecule has 0 saturated carbocycles. The number of nitrogens with two attached hydrogens (primary N) is 1. The Hall–Kier alpha value is -3.87. The van der Waals surface area contributed by atoms with Crippen LogP contribution in [-0.2, 0) is 30.8 Å². The fraction of sp³-hybridized carbons (Fsp3) is 0.393. The first-order valence-electron chi connectivity index (χ1n) is 12.5. The summed E-state index contributed by atoms with van der Waals surface area (Å²) in [5.41, 5.74) is 9.25. The molecule has 0 radical (unpaired) electrons. The summed E-state index contributed by atoms with van der Waals surface area (Å²) < 4.78 is 7.31. The molecular formula is C28H36N6O3. The molecule has 3 heterocycles. The Labute approximate surface area is 218 Å². The van der Waals surface area contributed by atoms with Crippen molar-refractivity contribution in [3.8, 4) is 6.07 Å². The number of morpholine rings is 1. The van der Waals surface area contributed by atoms with Crippen molar-refractivity contribution in [2.24, 2.45) is 5.73 Å². The van der Waals surface area contributed by atoms with Gasteiger partial charge in [0.15, 0.2) is 0 Å². The highest BCUT2D eigenvalue weighted by Gasteiger charge is 2.31. The molecule has 0 aliphatic carbocycles. The van der Waals surface area contributed by atoms with Crippen LogP contribution >= 0.6 is 0 Å². The molecule has 2 aliphatic heterocycles. The van der Waals surface area contributed by atoms with E-state index in [0.29, 0.717) is 36.6 Å². The van der Waals surface area contributed by atoms with E-state index >= 15 is 0 Å². The van der Waals surface area contributed by atoms with Crippen molar-refractivity contribution in [2.45, 2.75) is 39.4 Å². The van der Waals surface area contributed by atoms with E-state index in [-0.39, 0.29) is 23.7 Å². The van der Waals surface area contributed by atoms with Crippen LogP contribution in [0.3, 0.4) is 0 Å². The molecule has 0 unspecified atom stereocenters. The molecule has 0 bridgehead atoms. The van der Waals surface area contributed by atoms with Crippen molar-refractivity contribution in [1.82, 2.24) is 14.4 Å². The van der Waals surface area contributed by atoms with Gasteiger partial charge in [0.1, 0.15) is 6.07 Å². The number of carbonyl (C=O) groups excluding carboxylic acids is 2. The Morgan fingerprint density at radius 3 is 2.38 bits per heavy atom. The van der Waals surface area contributed by atoms with Gasteiger partial charge in [-0.25, -0.2) is 4.79 Å². The number of benzene rings is 1. The molecule has 3 amide bonds. The number of allylic oxidation sites excluding steroid dienone is 2. The van der Waals surface area contributed by atoms with Crippen LogP contribution in [0.1, 0.15) is 46.2 Å². The summed E-state index contributed by atoms with van der Waals surface area (Å²) in [5, 5.41) is 12.5. The van der Waals surface area contributed by atoms with E-state index in [0.717, 1.165) is 39.3 Å². The average molecular weight is 505 g/mol. The number of ether oxygens (including phenoxy) is 1. The fourth-order valence-corrected chi connectivity index (χ4v) is 4.46. The molecule has 196 valence electrons. The van der Waals surface area contributed by atoms with Gasteiger partial charge in [0.2, 0.25) is 0 Å². The van der Waals surface area contributed by atoms with Crippen molar-refractivity contribution in [1.29, 1.82) is 5.26 Å². The van der Waals surface area contributed by atoms with Crippen LogP contribution in [0.5, 0.6) is 0 Å². The Bertz CT molecular complexity index is 1160. The first kappa shape index (κ1) is 27.7. The summed E-state index contributed by atoms with van der Waals surface area (Å²) in [5.74, 6) is -0.663. The predicted molar refractivity (Wildman–Crippen MR) is 144 cm³/mol. The van der Waals surface area contributed by atoms with Gasteiger partial charge in [-0.2, -0.15) is 5.26 Å². The number of urea groups is 1. The van der Waals surface area contributed by atoms with Gasteiger partial charge in [-0.1, -0.05) is 31.2 Å². The van der Waals surface area contributed by atoms with E-state index in [2.05, 4.69) is 36.4 Å². The van der Waals surface area contributed by atoms with Crippen LogP contribution in [0, 0.1) is 11.3 Å². The topological polar surface area (TPSA) is 117 Å². The summed E-state index contributed by atoms with van der Waals surface area (Å²) in [6.45, 7) is 14.6. The molecule has 1 aromatic carbocycles. The molecular weight excluding hydrogens is 468 g/mol. The van der Waals surface area contributed by atoms with Crippen molar-refractivity contribution < 1.29 is 14.3 Å². The maximum Gasteiger partial charge on any atom is 0.322 e. The van der Waals surface area contributed by atoms with Crippen LogP contribution in [0.2, 0.25) is 0 Å². The summed E-state index contributed by atoms with van der Waals surface area (Å²) in [4.78, 5) is 29.0. The number of fused-ring (bicyclic) bond motifs is 1. The molecule has 1 aromatic heterocycles. The number of amides is 3. The van der Waals surface area contributed by atoms with Gasteiger partial charge in [-0.3, -0.25) is 9.69 Å². The number of nitriles is 1. The van der Waals surface area contributed by atoms with E-state index in [1.165, 1.54) is 5.56 Å². The average Bonchev–Trinajstić information content (AvgIpc) is 3.23. The number of nitrogens with one attached hydrogen (secondary N) is 1. The predicted octanol–water partition coefficient (Wildman–Crippen LogP) is 3.65. The van der Waals surface area contributed by atoms with Gasteiger partial charge in [0, 0.05) is 50.5 Å². The Morgan fingerprint density at radius 1 is 1.14 bits per heavy atom. The molecule has 9 nitrogen and oxygen atoms in total. The lowest BCUT2D eigenvalue weighted by atomic mass is 10.1. The fourth-order valence-electron chi connectivity index (χ4n) is 4.46. The third-order valence-electron chi connectivity index (χ3n) is 6.40. The SMILES string of the molecule is C=CCC.C=CCc1c(C#N)c(C(N)=O)c2n1CCN(C(=O)Nc1ccc(CN3CCOCC3)cc1)C2. The summed E-state index contributed by atoms with van der Waals surface area (Å²) in [6, 6.07) is 9.66. The Balaban J connectivity index is 0.000000886. The number of nitrogens with zero attached hydrogens (tertiary/aromatic N) is 4. The molecule has 0 atom stereocenters. The molecule has 0 spiro atoms. The molecule has 3 N–H and O–H groups in total. The molecule has 4 rings (SSSR count). The summed E-state index contributed by atoms with van der Waals surface area (Å²) >= 11 is 0. The maximum atomic E-state index is 12.9. The zero-order valence-electron chi connectivity index (χ0n) is 21.5. The quantitative estimate of drug-likeness (QED) is 0.559. The second kappa shape index (κ2) is 13.4. The number of hydrogen-bond acceptors (Lipinski definition) is 5. The van der Waals surface area contributed by atoms with Crippen molar-refractivity contribution >= 4 is 17.6 Å². The van der Waals surface area contributed by atoms with Crippen molar-refractivity contribution in [3.05, 3.63) is 77.7 Å². The van der Waals surface area contributed by atoms with Crippen LogP contribution in [0.15, 0.2) is 49.6 Å². The standard InChI is InChI=1S/C24H28N6O3.C4H8/c1-2-3-20-19(14-25)22(23(26)31)21-16-29(8-9-30(20)21)24(32)27-18-6-4-17(5-7-18)15-28-10-12-33-13-11-28;1-3-4-2/h2,4-7H,1,3,8-13,15-16H2,(H2,26,31)(H,27,32);3H,1,4H2,2H3. The largest absolute Gasteiger partial charge is 0.379 e. The normalized spacial score (nSPS) is 15.0. The van der Waals surface area contributed by atoms with E-state index in [1.54, 1.807) is 11.0 Å². The third kappa shape index (κ3) is 6.88. The van der Waals surface area contributed by atoms with Crippen LogP contribution in [0.25, 0.3) is 0 Å². The number of primary amides is 1. The van der Waals surface area contributed by atoms with Crippen LogP contribution in [0.4, 0.5) is 10.5 Å². The minimum atomic E-state index is -0.663. The highest BCUT2D eigenvalue weighted by molar-refractivity contribution is 5.97. The first-order valence-corrected chi connectivity index (χ1v) is 12.5. The molecule has 1 fully saturated rings. The first-order chi connectivity index (χ1) is 17.9. The number of anilines is 1. The minimum Gasteiger partial charge on any atom is -0.379 e. The molecule has 2 aliphatic rings. The lowest BCUT2D eigenvalue weighted by Crippen LogP contribution is -2.41. The van der Waals surface area contributed by atoms with Gasteiger partial charge in [-0.15, -0.1) is 13.2 Å². The van der Waals surface area contributed by atoms with Crippen LogP contribution < -0.4 is 11.1 Å².